The largest absolute Gasteiger partial charge is 1.00 e. The van der Waals surface area contributed by atoms with Crippen LogP contribution in [0.2, 0.25) is 0 Å². The minimum atomic E-state index is -2.34. The third kappa shape index (κ3) is 4.20. The Morgan fingerprint density at radius 1 is 1.26 bits per heavy atom. The Hall–Kier alpha value is -1.10. The molecule has 0 amide bonds. The second-order valence-electron chi connectivity index (χ2n) is 3.38. The summed E-state index contributed by atoms with van der Waals surface area (Å²) >= 11 is -1.06. The first-order valence-electron chi connectivity index (χ1n) is 4.86. The molecule has 0 aliphatic carbocycles. The van der Waals surface area contributed by atoms with Gasteiger partial charge in [-0.05, 0) is 29.8 Å². The molecule has 0 radical (unpaired) electrons. The molecule has 1 aromatic carbocycles. The summed E-state index contributed by atoms with van der Waals surface area (Å²) in [4.78, 5) is 11.6. The molecule has 5 nitrogen and oxygen atoms in total. The zero-order chi connectivity index (χ0) is 13.1. The van der Waals surface area contributed by atoms with Crippen molar-refractivity contribution in [3.05, 3.63) is 42.0 Å². The van der Waals surface area contributed by atoms with Crippen LogP contribution in [0.15, 0.2) is 36.4 Å². The molecule has 2 aromatic rings. The van der Waals surface area contributed by atoms with Crippen LogP contribution in [0.4, 0.5) is 5.00 Å². The van der Waals surface area contributed by atoms with E-state index >= 15 is 0 Å². The molecule has 0 saturated carbocycles. The molecule has 0 spiro atoms. The van der Waals surface area contributed by atoms with Gasteiger partial charge in [-0.15, -0.1) is 11.3 Å². The van der Waals surface area contributed by atoms with Crippen LogP contribution in [0.5, 0.6) is 0 Å². The fourth-order valence-corrected chi connectivity index (χ4v) is 2.77. The van der Waals surface area contributed by atoms with E-state index in [4.69, 9.17) is 5.11 Å². The van der Waals surface area contributed by atoms with Gasteiger partial charge in [0, 0.05) is 16.1 Å². The number of carboxylic acids is 1. The molecular weight excluding hydrogens is 281 g/mol. The van der Waals surface area contributed by atoms with Crippen molar-refractivity contribution in [1.82, 2.24) is 0 Å². The van der Waals surface area contributed by atoms with E-state index in [1.54, 1.807) is 24.3 Å². The first-order chi connectivity index (χ1) is 8.56. The second-order valence-corrected chi connectivity index (χ2v) is 5.14. The summed E-state index contributed by atoms with van der Waals surface area (Å²) in [6.45, 7) is 0. The number of anilines is 1. The number of carbonyl (C=O) groups is 1. The van der Waals surface area contributed by atoms with Gasteiger partial charge in [0.25, 0.3) is 0 Å². The molecule has 19 heavy (non-hydrogen) atoms. The maximum atomic E-state index is 10.7. The zero-order valence-electron chi connectivity index (χ0n) is 11.0. The van der Waals surface area contributed by atoms with Crippen LogP contribution in [0.1, 0.15) is 11.8 Å². The molecule has 1 atom stereocenters. The van der Waals surface area contributed by atoms with Crippen molar-refractivity contribution in [1.29, 1.82) is 0 Å². The van der Waals surface area contributed by atoms with Crippen LogP contribution in [-0.4, -0.2) is 19.8 Å². The number of hydrogen-bond acceptors (Lipinski definition) is 4. The summed E-state index contributed by atoms with van der Waals surface area (Å²) in [6, 6.07) is 9.82. The molecule has 2 N–H and O–H groups in total. The van der Waals surface area contributed by atoms with Crippen molar-refractivity contribution in [3.63, 3.8) is 0 Å². The number of benzene rings is 1. The summed E-state index contributed by atoms with van der Waals surface area (Å²) in [7, 11) is 0. The Morgan fingerprint density at radius 2 is 1.89 bits per heavy atom. The number of aromatic carboxylic acids is 1. The number of rotatable bonds is 4. The molecule has 0 fully saturated rings. The smallest absolute Gasteiger partial charge is 1.00 e. The SMILES string of the molecule is O=C(O)c1ccc(-c2ccc(NS(=O)[O-])s2)cc1.[H-].[Li+]. The van der Waals surface area contributed by atoms with E-state index in [0.29, 0.717) is 5.00 Å². The van der Waals surface area contributed by atoms with E-state index in [2.05, 4.69) is 4.72 Å². The molecular formula is C11H9LiNO4S2-. The van der Waals surface area contributed by atoms with Gasteiger partial charge < -0.3 is 15.8 Å². The summed E-state index contributed by atoms with van der Waals surface area (Å²) in [5.74, 6) is -0.975. The molecule has 0 bridgehead atoms. The van der Waals surface area contributed by atoms with Crippen molar-refractivity contribution in [3.8, 4) is 10.4 Å². The minimum absolute atomic E-state index is 0. The normalized spacial score (nSPS) is 11.4. The van der Waals surface area contributed by atoms with Crippen molar-refractivity contribution < 1.29 is 38.9 Å². The van der Waals surface area contributed by atoms with Gasteiger partial charge in [-0.25, -0.2) is 4.79 Å². The summed E-state index contributed by atoms with van der Waals surface area (Å²) in [5, 5.41) is 9.29. The van der Waals surface area contributed by atoms with Gasteiger partial charge >= 0.3 is 24.8 Å². The van der Waals surface area contributed by atoms with Crippen LogP contribution in [0.3, 0.4) is 0 Å². The van der Waals surface area contributed by atoms with Gasteiger partial charge in [0.2, 0.25) is 0 Å². The fraction of sp³-hybridized carbons (Fsp3) is 0. The number of nitrogens with one attached hydrogen (secondary N) is 1. The summed E-state index contributed by atoms with van der Waals surface area (Å²) < 4.78 is 23.2. The Kier molecular flexibility index (Phi) is 5.78. The molecule has 8 heteroatoms. The maximum Gasteiger partial charge on any atom is 1.00 e. The first-order valence-corrected chi connectivity index (χ1v) is 6.75. The first kappa shape index (κ1) is 16.0. The van der Waals surface area contributed by atoms with Crippen molar-refractivity contribution in [2.24, 2.45) is 0 Å². The van der Waals surface area contributed by atoms with E-state index in [1.165, 1.54) is 23.5 Å². The Morgan fingerprint density at radius 3 is 2.42 bits per heavy atom. The molecule has 0 aliphatic heterocycles. The monoisotopic (exact) mass is 290 g/mol. The predicted octanol–water partition coefficient (Wildman–Crippen LogP) is -0.564. The Bertz CT molecular complexity index is 603. The van der Waals surface area contributed by atoms with Crippen molar-refractivity contribution in [2.45, 2.75) is 0 Å². The molecule has 2 rings (SSSR count). The van der Waals surface area contributed by atoms with Crippen LogP contribution in [-0.2, 0) is 11.3 Å². The molecule has 0 aliphatic rings. The quantitative estimate of drug-likeness (QED) is 0.583. The minimum Gasteiger partial charge on any atom is -1.00 e. The zero-order valence-corrected chi connectivity index (χ0v) is 11.6. The van der Waals surface area contributed by atoms with Gasteiger partial charge in [0.1, 0.15) is 0 Å². The second kappa shape index (κ2) is 6.89. The van der Waals surface area contributed by atoms with Gasteiger partial charge in [0.15, 0.2) is 0 Å². The average Bonchev–Trinajstić information content (AvgIpc) is 2.76. The fourth-order valence-electron chi connectivity index (χ4n) is 1.41. The molecule has 1 aromatic heterocycles. The van der Waals surface area contributed by atoms with Crippen LogP contribution >= 0.6 is 11.3 Å². The van der Waals surface area contributed by atoms with Crippen molar-refractivity contribution in [2.75, 3.05) is 4.72 Å². The van der Waals surface area contributed by atoms with Crippen LogP contribution < -0.4 is 23.6 Å². The van der Waals surface area contributed by atoms with Gasteiger partial charge in [-0.2, -0.15) is 0 Å². The molecule has 0 saturated heterocycles. The van der Waals surface area contributed by atoms with Gasteiger partial charge in [0.05, 0.1) is 10.6 Å². The van der Waals surface area contributed by atoms with E-state index in [9.17, 15) is 13.6 Å². The van der Waals surface area contributed by atoms with E-state index in [-0.39, 0.29) is 25.9 Å². The van der Waals surface area contributed by atoms with E-state index in [1.807, 2.05) is 0 Å². The molecule has 96 valence electrons. The van der Waals surface area contributed by atoms with E-state index < -0.39 is 17.2 Å². The maximum absolute atomic E-state index is 10.7. The third-order valence-electron chi connectivity index (χ3n) is 2.21. The third-order valence-corrected chi connectivity index (χ3v) is 3.77. The Labute approximate surface area is 129 Å². The van der Waals surface area contributed by atoms with Crippen LogP contribution in [0.25, 0.3) is 10.4 Å². The van der Waals surface area contributed by atoms with Crippen LogP contribution in [0, 0.1) is 0 Å². The number of thiophene rings is 1. The predicted molar refractivity (Wildman–Crippen MR) is 70.4 cm³/mol. The molecule has 1 heterocycles. The van der Waals surface area contributed by atoms with Gasteiger partial charge in [-0.1, -0.05) is 12.1 Å². The number of hydrogen-bond donors (Lipinski definition) is 2. The summed E-state index contributed by atoms with van der Waals surface area (Å²) in [5.41, 5.74) is 1.06. The average molecular weight is 290 g/mol. The van der Waals surface area contributed by atoms with E-state index in [0.717, 1.165) is 10.4 Å². The topological polar surface area (TPSA) is 89.5 Å². The standard InChI is InChI=1S/C11H9NO4S2.Li.H/c13-11(14)8-3-1-7(2-4-8)9-5-6-10(17-9)12-18(15)16;;/h1-6,12H,(H,13,14)(H,15,16);;/q;+1;-1/p-1. The Balaban J connectivity index is 0.00000180. The summed E-state index contributed by atoms with van der Waals surface area (Å²) in [6.07, 6.45) is 0. The van der Waals surface area contributed by atoms with Crippen molar-refractivity contribution >= 4 is 33.6 Å². The molecule has 1 unspecified atom stereocenters. The number of carboxylic acid groups (broad SMARTS) is 1. The van der Waals surface area contributed by atoms with Gasteiger partial charge in [-0.3, -0.25) is 4.21 Å².